The zero-order valence-electron chi connectivity index (χ0n) is 29.3. The van der Waals surface area contributed by atoms with E-state index in [0.29, 0.717) is 40.8 Å². The fourth-order valence-corrected chi connectivity index (χ4v) is 5.22. The van der Waals surface area contributed by atoms with Crippen molar-refractivity contribution >= 4 is 11.8 Å². The highest BCUT2D eigenvalue weighted by atomic mass is 19.4. The van der Waals surface area contributed by atoms with Gasteiger partial charge in [-0.3, -0.25) is 4.99 Å². The Balaban J connectivity index is 3.74. The molecule has 0 bridgehead atoms. The number of nitriles is 1. The molecular weight excluding hydrogens is 575 g/mol. The zero-order valence-corrected chi connectivity index (χ0v) is 29.3. The minimum absolute atomic E-state index is 0.0323. The molecular formula is C37H52F3N3O2. The van der Waals surface area contributed by atoms with Crippen LogP contribution in [0.5, 0.6) is 0 Å². The number of nitrogens with zero attached hydrogens (tertiary/aromatic N) is 3. The SMILES string of the molecule is C=C(C/C(C(=C)C)=C(C(C)=NC)\C(=C/C(C)c1cc(C#N)cc(C)c1C)C(F)(F)F)C[C@@H](C)N(CC(C)C)C(=O)OC(C)(C)C. The van der Waals surface area contributed by atoms with Gasteiger partial charge in [-0.2, -0.15) is 18.4 Å². The maximum absolute atomic E-state index is 15.0. The molecule has 0 heterocycles. The van der Waals surface area contributed by atoms with Gasteiger partial charge >= 0.3 is 12.3 Å². The van der Waals surface area contributed by atoms with E-state index in [1.165, 1.54) is 13.1 Å². The van der Waals surface area contributed by atoms with E-state index in [9.17, 15) is 23.2 Å². The minimum atomic E-state index is -4.70. The van der Waals surface area contributed by atoms with E-state index in [1.807, 2.05) is 34.6 Å². The molecule has 0 aliphatic heterocycles. The van der Waals surface area contributed by atoms with Crippen molar-refractivity contribution in [1.82, 2.24) is 4.90 Å². The van der Waals surface area contributed by atoms with E-state index >= 15 is 0 Å². The van der Waals surface area contributed by atoms with Crippen LogP contribution in [0.15, 0.2) is 64.2 Å². The lowest BCUT2D eigenvalue weighted by Crippen LogP contribution is -2.44. The molecule has 8 heteroatoms. The summed E-state index contributed by atoms with van der Waals surface area (Å²) in [6.45, 7) is 28.7. The number of aliphatic imine (C=N–C) groups is 1. The molecule has 1 aromatic carbocycles. The maximum atomic E-state index is 15.0. The highest BCUT2D eigenvalue weighted by Gasteiger charge is 2.39. The molecule has 248 valence electrons. The van der Waals surface area contributed by atoms with Gasteiger partial charge in [0, 0.05) is 36.8 Å². The molecule has 0 aliphatic rings. The first-order valence-electron chi connectivity index (χ1n) is 15.3. The summed E-state index contributed by atoms with van der Waals surface area (Å²) in [6, 6.07) is 5.18. The average Bonchev–Trinajstić information content (AvgIpc) is 2.89. The van der Waals surface area contributed by atoms with Gasteiger partial charge in [0.05, 0.1) is 17.2 Å². The van der Waals surface area contributed by atoms with Gasteiger partial charge in [-0.25, -0.2) is 4.79 Å². The second-order valence-electron chi connectivity index (χ2n) is 13.4. The summed E-state index contributed by atoms with van der Waals surface area (Å²) in [7, 11) is 1.47. The van der Waals surface area contributed by atoms with Gasteiger partial charge in [-0.15, -0.1) is 0 Å². The number of allylic oxidation sites excluding steroid dienone is 5. The monoisotopic (exact) mass is 627 g/mol. The van der Waals surface area contributed by atoms with E-state index in [2.05, 4.69) is 24.2 Å². The summed E-state index contributed by atoms with van der Waals surface area (Å²) in [6.07, 6.45) is -3.45. The Labute approximate surface area is 269 Å². The Bertz CT molecular complexity index is 1400. The first-order valence-corrected chi connectivity index (χ1v) is 15.3. The molecule has 2 atom stereocenters. The Morgan fingerprint density at radius 3 is 2.13 bits per heavy atom. The third-order valence-electron chi connectivity index (χ3n) is 7.57. The summed E-state index contributed by atoms with van der Waals surface area (Å²) in [4.78, 5) is 18.9. The molecule has 1 rings (SSSR count). The molecule has 0 aliphatic carbocycles. The number of carbonyl (C=O) groups is 1. The topological polar surface area (TPSA) is 65.7 Å². The second kappa shape index (κ2) is 16.1. The van der Waals surface area contributed by atoms with E-state index in [4.69, 9.17) is 4.74 Å². The lowest BCUT2D eigenvalue weighted by atomic mass is 9.84. The highest BCUT2D eigenvalue weighted by Crippen LogP contribution is 2.40. The largest absolute Gasteiger partial charge is 0.444 e. The molecule has 45 heavy (non-hydrogen) atoms. The van der Waals surface area contributed by atoms with Gasteiger partial charge in [-0.1, -0.05) is 51.2 Å². The third-order valence-corrected chi connectivity index (χ3v) is 7.57. The van der Waals surface area contributed by atoms with Crippen molar-refractivity contribution in [2.45, 2.75) is 113 Å². The van der Waals surface area contributed by atoms with E-state index in [0.717, 1.165) is 11.1 Å². The summed E-state index contributed by atoms with van der Waals surface area (Å²) < 4.78 is 50.6. The highest BCUT2D eigenvalue weighted by molar-refractivity contribution is 6.03. The predicted octanol–water partition coefficient (Wildman–Crippen LogP) is 10.3. The molecule has 0 saturated carbocycles. The summed E-state index contributed by atoms with van der Waals surface area (Å²) in [5.74, 6) is -0.474. The maximum Gasteiger partial charge on any atom is 0.416 e. The Morgan fingerprint density at radius 1 is 1.11 bits per heavy atom. The van der Waals surface area contributed by atoms with Crippen LogP contribution in [0.1, 0.15) is 103 Å². The first-order chi connectivity index (χ1) is 20.5. The molecule has 0 aromatic heterocycles. The average molecular weight is 628 g/mol. The first kappa shape index (κ1) is 39.4. The minimum Gasteiger partial charge on any atom is -0.444 e. The van der Waals surface area contributed by atoms with Crippen molar-refractivity contribution in [3.63, 3.8) is 0 Å². The van der Waals surface area contributed by atoms with E-state index < -0.39 is 29.4 Å². The van der Waals surface area contributed by atoms with Crippen LogP contribution < -0.4 is 0 Å². The lowest BCUT2D eigenvalue weighted by Gasteiger charge is -2.33. The number of halogens is 3. The number of alkyl halides is 3. The van der Waals surface area contributed by atoms with Crippen LogP contribution in [-0.2, 0) is 4.74 Å². The molecule has 0 radical (unpaired) electrons. The smallest absolute Gasteiger partial charge is 0.416 e. The summed E-state index contributed by atoms with van der Waals surface area (Å²) in [5, 5.41) is 9.49. The van der Waals surface area contributed by atoms with Crippen LogP contribution in [0.2, 0.25) is 0 Å². The van der Waals surface area contributed by atoms with Crippen molar-refractivity contribution < 1.29 is 22.7 Å². The molecule has 0 spiro atoms. The number of carbonyl (C=O) groups excluding carboxylic acids is 1. The molecule has 0 N–H and O–H groups in total. The summed E-state index contributed by atoms with van der Waals surface area (Å²) >= 11 is 0. The molecule has 1 aromatic rings. The second-order valence-corrected chi connectivity index (χ2v) is 13.4. The molecule has 1 amide bonds. The molecule has 0 saturated heterocycles. The quantitative estimate of drug-likeness (QED) is 0.132. The van der Waals surface area contributed by atoms with E-state index in [-0.39, 0.29) is 29.7 Å². The number of hydrogen-bond acceptors (Lipinski definition) is 4. The van der Waals surface area contributed by atoms with Crippen molar-refractivity contribution in [1.29, 1.82) is 5.26 Å². The normalized spacial score (nSPS) is 14.8. The van der Waals surface area contributed by atoms with Crippen LogP contribution in [0.4, 0.5) is 18.0 Å². The van der Waals surface area contributed by atoms with Crippen molar-refractivity contribution in [2.75, 3.05) is 13.6 Å². The number of amides is 1. The van der Waals surface area contributed by atoms with Gasteiger partial charge in [0.25, 0.3) is 0 Å². The van der Waals surface area contributed by atoms with Gasteiger partial charge in [0.2, 0.25) is 0 Å². The summed E-state index contributed by atoms with van der Waals surface area (Å²) in [5.41, 5.74) is 2.94. The van der Waals surface area contributed by atoms with Crippen molar-refractivity contribution in [3.05, 3.63) is 81.5 Å². The van der Waals surface area contributed by atoms with Gasteiger partial charge in [-0.05, 0) is 109 Å². The van der Waals surface area contributed by atoms with Crippen LogP contribution in [-0.4, -0.2) is 48.1 Å². The Morgan fingerprint density at radius 2 is 1.69 bits per heavy atom. The number of rotatable bonds is 12. The molecule has 1 unspecified atom stereocenters. The molecule has 5 nitrogen and oxygen atoms in total. The molecule has 0 fully saturated rings. The number of benzene rings is 1. The predicted molar refractivity (Wildman–Crippen MR) is 180 cm³/mol. The van der Waals surface area contributed by atoms with Crippen molar-refractivity contribution in [3.8, 4) is 6.07 Å². The fraction of sp³-hybridized carbons (Fsp3) is 0.541. The standard InChI is InChI=1S/C37H52F3N3O2/c1-22(2)21-43(35(44)45-36(11,12)13)27(8)15-24(5)16-31(23(3)4)34(29(10)42-14)33(37(38,39)40)18-26(7)32-19-30(20-41)17-25(6)28(32)9/h17-19,22,26-27H,3,5,15-16,21H2,1-2,4,6-14H3/b33-18+,34-31+,42-29?/t26?,27-/m1/s1. The number of aryl methyl sites for hydroxylation is 1. The fourth-order valence-electron chi connectivity index (χ4n) is 5.22. The Kier molecular flexibility index (Phi) is 14.1. The Hall–Kier alpha value is -3.60. The van der Waals surface area contributed by atoms with Crippen LogP contribution >= 0.6 is 0 Å². The van der Waals surface area contributed by atoms with Gasteiger partial charge in [0.15, 0.2) is 0 Å². The van der Waals surface area contributed by atoms with Crippen LogP contribution in [0.25, 0.3) is 0 Å². The van der Waals surface area contributed by atoms with Crippen LogP contribution in [0.3, 0.4) is 0 Å². The van der Waals surface area contributed by atoms with Crippen LogP contribution in [0, 0.1) is 31.1 Å². The van der Waals surface area contributed by atoms with Crippen molar-refractivity contribution in [2.24, 2.45) is 10.9 Å². The van der Waals surface area contributed by atoms with Gasteiger partial charge < -0.3 is 9.64 Å². The van der Waals surface area contributed by atoms with Gasteiger partial charge in [0.1, 0.15) is 5.60 Å². The third kappa shape index (κ3) is 11.7. The number of ether oxygens (including phenoxy) is 1. The van der Waals surface area contributed by atoms with E-state index in [1.54, 1.807) is 58.6 Å². The zero-order chi connectivity index (χ0) is 35.0. The lowest BCUT2D eigenvalue weighted by molar-refractivity contribution is -0.0892. The number of hydrogen-bond donors (Lipinski definition) is 0.